The Balaban J connectivity index is 2.28. The summed E-state index contributed by atoms with van der Waals surface area (Å²) in [7, 11) is 0. The van der Waals surface area contributed by atoms with Gasteiger partial charge in [-0.15, -0.1) is 0 Å². The zero-order valence-corrected chi connectivity index (χ0v) is 11.9. The van der Waals surface area contributed by atoms with E-state index in [9.17, 15) is 13.9 Å². The molecule has 0 aliphatic heterocycles. The zero-order chi connectivity index (χ0) is 14.0. The maximum Gasteiger partial charge on any atom is 0.131 e. The SMILES string of the molecule is Cc1cccc(C(O)Cc2cc(F)ccc2Br)c1F. The Labute approximate surface area is 119 Å². The van der Waals surface area contributed by atoms with E-state index in [2.05, 4.69) is 15.9 Å². The molecule has 0 spiro atoms. The van der Waals surface area contributed by atoms with Gasteiger partial charge in [0.2, 0.25) is 0 Å². The van der Waals surface area contributed by atoms with Crippen LogP contribution in [0.25, 0.3) is 0 Å². The maximum absolute atomic E-state index is 13.9. The highest BCUT2D eigenvalue weighted by molar-refractivity contribution is 9.10. The van der Waals surface area contributed by atoms with Gasteiger partial charge in [0.25, 0.3) is 0 Å². The average molecular weight is 327 g/mol. The minimum Gasteiger partial charge on any atom is -0.388 e. The molecule has 0 saturated carbocycles. The molecule has 0 saturated heterocycles. The molecule has 19 heavy (non-hydrogen) atoms. The van der Waals surface area contributed by atoms with Crippen LogP contribution in [-0.2, 0) is 6.42 Å². The number of hydrogen-bond acceptors (Lipinski definition) is 1. The summed E-state index contributed by atoms with van der Waals surface area (Å²) in [6.07, 6.45) is -0.850. The molecule has 0 aliphatic carbocycles. The number of aliphatic hydroxyl groups is 1. The van der Waals surface area contributed by atoms with Crippen molar-refractivity contribution in [3.05, 3.63) is 69.2 Å². The van der Waals surface area contributed by atoms with Gasteiger partial charge in [0, 0.05) is 16.5 Å². The molecule has 1 atom stereocenters. The first-order valence-corrected chi connectivity index (χ1v) is 6.65. The Bertz CT molecular complexity index is 599. The van der Waals surface area contributed by atoms with Crippen LogP contribution in [0.2, 0.25) is 0 Å². The van der Waals surface area contributed by atoms with Crippen molar-refractivity contribution >= 4 is 15.9 Å². The Morgan fingerprint density at radius 1 is 1.21 bits per heavy atom. The highest BCUT2D eigenvalue weighted by Gasteiger charge is 2.16. The summed E-state index contributed by atoms with van der Waals surface area (Å²) in [5, 5.41) is 10.1. The van der Waals surface area contributed by atoms with E-state index in [0.29, 0.717) is 15.6 Å². The van der Waals surface area contributed by atoms with Crippen LogP contribution in [0.4, 0.5) is 8.78 Å². The summed E-state index contributed by atoms with van der Waals surface area (Å²) >= 11 is 3.29. The smallest absolute Gasteiger partial charge is 0.131 e. The lowest BCUT2D eigenvalue weighted by Gasteiger charge is -2.14. The van der Waals surface area contributed by atoms with Crippen LogP contribution >= 0.6 is 15.9 Å². The molecule has 0 bridgehead atoms. The van der Waals surface area contributed by atoms with E-state index in [1.165, 1.54) is 12.1 Å². The Kier molecular flexibility index (Phi) is 4.32. The number of aryl methyl sites for hydroxylation is 1. The normalized spacial score (nSPS) is 12.5. The highest BCUT2D eigenvalue weighted by Crippen LogP contribution is 2.26. The summed E-state index contributed by atoms with van der Waals surface area (Å²) in [6.45, 7) is 1.64. The molecule has 1 nitrogen and oxygen atoms in total. The van der Waals surface area contributed by atoms with Crippen molar-refractivity contribution in [2.75, 3.05) is 0 Å². The van der Waals surface area contributed by atoms with E-state index in [0.717, 1.165) is 0 Å². The fraction of sp³-hybridized carbons (Fsp3) is 0.200. The van der Waals surface area contributed by atoms with E-state index in [1.807, 2.05) is 0 Å². The third kappa shape index (κ3) is 3.19. The molecule has 1 unspecified atom stereocenters. The second-order valence-electron chi connectivity index (χ2n) is 4.43. The lowest BCUT2D eigenvalue weighted by atomic mass is 9.99. The molecule has 0 fully saturated rings. The fourth-order valence-corrected chi connectivity index (χ4v) is 2.35. The topological polar surface area (TPSA) is 20.2 Å². The van der Waals surface area contributed by atoms with Gasteiger partial charge >= 0.3 is 0 Å². The van der Waals surface area contributed by atoms with Crippen molar-refractivity contribution in [1.82, 2.24) is 0 Å². The summed E-state index contributed by atoms with van der Waals surface area (Å²) in [6, 6.07) is 9.11. The summed E-state index contributed by atoms with van der Waals surface area (Å²) in [5.74, 6) is -0.794. The molecule has 1 N–H and O–H groups in total. The number of aliphatic hydroxyl groups excluding tert-OH is 1. The molecule has 0 radical (unpaired) electrons. The molecule has 2 rings (SSSR count). The summed E-state index contributed by atoms with van der Waals surface area (Å²) in [5.41, 5.74) is 1.32. The molecule has 0 amide bonds. The van der Waals surface area contributed by atoms with Crippen LogP contribution in [0, 0.1) is 18.6 Å². The molecule has 0 aliphatic rings. The van der Waals surface area contributed by atoms with E-state index in [4.69, 9.17) is 0 Å². The number of halogens is 3. The van der Waals surface area contributed by atoms with Crippen LogP contribution in [-0.4, -0.2) is 5.11 Å². The molecular formula is C15H13BrF2O. The first kappa shape index (κ1) is 14.2. The van der Waals surface area contributed by atoms with Crippen molar-refractivity contribution in [2.24, 2.45) is 0 Å². The van der Waals surface area contributed by atoms with Gasteiger partial charge in [-0.1, -0.05) is 34.1 Å². The van der Waals surface area contributed by atoms with Crippen LogP contribution in [0.3, 0.4) is 0 Å². The lowest BCUT2D eigenvalue weighted by Crippen LogP contribution is -2.06. The largest absolute Gasteiger partial charge is 0.388 e. The number of rotatable bonds is 3. The van der Waals surface area contributed by atoms with Gasteiger partial charge in [-0.2, -0.15) is 0 Å². The van der Waals surface area contributed by atoms with Crippen LogP contribution < -0.4 is 0 Å². The predicted molar refractivity (Wildman–Crippen MR) is 73.9 cm³/mol. The van der Waals surface area contributed by atoms with Crippen molar-refractivity contribution in [3.63, 3.8) is 0 Å². The molecule has 2 aromatic carbocycles. The highest BCUT2D eigenvalue weighted by atomic mass is 79.9. The van der Waals surface area contributed by atoms with Gasteiger partial charge in [0.15, 0.2) is 0 Å². The van der Waals surface area contributed by atoms with Gasteiger partial charge in [0.1, 0.15) is 11.6 Å². The summed E-state index contributed by atoms with van der Waals surface area (Å²) in [4.78, 5) is 0. The van der Waals surface area contributed by atoms with Crippen molar-refractivity contribution < 1.29 is 13.9 Å². The molecule has 2 aromatic rings. The van der Waals surface area contributed by atoms with Gasteiger partial charge in [-0.05, 0) is 36.2 Å². The first-order valence-electron chi connectivity index (χ1n) is 5.86. The Morgan fingerprint density at radius 3 is 2.68 bits per heavy atom. The summed E-state index contributed by atoms with van der Waals surface area (Å²) < 4.78 is 27.8. The van der Waals surface area contributed by atoms with Gasteiger partial charge in [0.05, 0.1) is 6.10 Å². The standard InChI is InChI=1S/C15H13BrF2O/c1-9-3-2-4-12(15(9)18)14(19)8-10-7-11(17)5-6-13(10)16/h2-7,14,19H,8H2,1H3. The van der Waals surface area contributed by atoms with Crippen LogP contribution in [0.15, 0.2) is 40.9 Å². The van der Waals surface area contributed by atoms with Crippen molar-refractivity contribution in [2.45, 2.75) is 19.4 Å². The second-order valence-corrected chi connectivity index (χ2v) is 5.29. The Morgan fingerprint density at radius 2 is 1.95 bits per heavy atom. The third-order valence-electron chi connectivity index (χ3n) is 3.00. The van der Waals surface area contributed by atoms with E-state index >= 15 is 0 Å². The zero-order valence-electron chi connectivity index (χ0n) is 10.3. The van der Waals surface area contributed by atoms with Crippen molar-refractivity contribution in [1.29, 1.82) is 0 Å². The average Bonchev–Trinajstić information content (AvgIpc) is 2.37. The monoisotopic (exact) mass is 326 g/mol. The number of hydrogen-bond donors (Lipinski definition) is 1. The first-order chi connectivity index (χ1) is 8.99. The molecule has 0 heterocycles. The van der Waals surface area contributed by atoms with E-state index in [-0.39, 0.29) is 17.8 Å². The third-order valence-corrected chi connectivity index (χ3v) is 3.78. The fourth-order valence-electron chi connectivity index (χ4n) is 1.95. The van der Waals surface area contributed by atoms with Crippen LogP contribution in [0.5, 0.6) is 0 Å². The number of benzene rings is 2. The second kappa shape index (κ2) is 5.80. The van der Waals surface area contributed by atoms with Crippen molar-refractivity contribution in [3.8, 4) is 0 Å². The van der Waals surface area contributed by atoms with E-state index < -0.39 is 11.9 Å². The molecule has 4 heteroatoms. The molecule has 0 aromatic heterocycles. The maximum atomic E-state index is 13.9. The van der Waals surface area contributed by atoms with Gasteiger partial charge < -0.3 is 5.11 Å². The minimum atomic E-state index is -1.00. The molecular weight excluding hydrogens is 314 g/mol. The van der Waals surface area contributed by atoms with E-state index in [1.54, 1.807) is 31.2 Å². The van der Waals surface area contributed by atoms with Gasteiger partial charge in [-0.25, -0.2) is 8.78 Å². The van der Waals surface area contributed by atoms with Crippen LogP contribution in [0.1, 0.15) is 22.8 Å². The molecule has 100 valence electrons. The Hall–Kier alpha value is -1.26. The minimum absolute atomic E-state index is 0.152. The quantitative estimate of drug-likeness (QED) is 0.891. The van der Waals surface area contributed by atoms with Gasteiger partial charge in [-0.3, -0.25) is 0 Å². The lowest BCUT2D eigenvalue weighted by molar-refractivity contribution is 0.173. The predicted octanol–water partition coefficient (Wildman–Crippen LogP) is 4.31.